The molecule has 0 amide bonds. The summed E-state index contributed by atoms with van der Waals surface area (Å²) in [5, 5.41) is 10.7. The number of rotatable bonds is 6. The monoisotopic (exact) mass is 418 g/mol. The molecule has 1 aromatic rings. The van der Waals surface area contributed by atoms with Crippen LogP contribution in [-0.2, 0) is 25.5 Å². The number of furan rings is 1. The summed E-state index contributed by atoms with van der Waals surface area (Å²) < 4.78 is 16.6. The van der Waals surface area contributed by atoms with Crippen LogP contribution < -0.4 is 0 Å². The van der Waals surface area contributed by atoms with Gasteiger partial charge in [-0.3, -0.25) is 9.59 Å². The van der Waals surface area contributed by atoms with Crippen molar-refractivity contribution in [3.63, 3.8) is 0 Å². The molecule has 0 spiro atoms. The molecule has 0 fully saturated rings. The summed E-state index contributed by atoms with van der Waals surface area (Å²) in [7, 11) is 0. The van der Waals surface area contributed by atoms with Gasteiger partial charge in [0.25, 0.3) is 0 Å². The van der Waals surface area contributed by atoms with Crippen molar-refractivity contribution < 1.29 is 28.6 Å². The average molecular weight is 419 g/mol. The number of hydrogen-bond acceptors (Lipinski definition) is 6. The first-order chi connectivity index (χ1) is 14.1. The Labute approximate surface area is 178 Å². The van der Waals surface area contributed by atoms with Gasteiger partial charge < -0.3 is 19.0 Å². The van der Waals surface area contributed by atoms with Gasteiger partial charge in [0.1, 0.15) is 12.7 Å². The molecule has 2 aliphatic carbocycles. The van der Waals surface area contributed by atoms with E-state index in [1.54, 1.807) is 12.5 Å². The first-order valence-corrected chi connectivity index (χ1v) is 10.8. The maximum Gasteiger partial charge on any atom is 0.302 e. The minimum Gasteiger partial charge on any atom is -0.472 e. The van der Waals surface area contributed by atoms with Crippen molar-refractivity contribution in [3.05, 3.63) is 35.3 Å². The smallest absolute Gasteiger partial charge is 0.302 e. The molecule has 1 N–H and O–H groups in total. The van der Waals surface area contributed by atoms with E-state index in [0.29, 0.717) is 12.8 Å². The molecule has 30 heavy (non-hydrogen) atoms. The largest absolute Gasteiger partial charge is 0.472 e. The Morgan fingerprint density at radius 3 is 2.57 bits per heavy atom. The Hall–Kier alpha value is -2.08. The van der Waals surface area contributed by atoms with Gasteiger partial charge in [0.15, 0.2) is 0 Å². The number of esters is 2. The molecule has 6 heteroatoms. The van der Waals surface area contributed by atoms with Crippen LogP contribution in [0, 0.1) is 16.7 Å². The van der Waals surface area contributed by atoms with Crippen molar-refractivity contribution in [2.24, 2.45) is 16.7 Å². The van der Waals surface area contributed by atoms with Crippen molar-refractivity contribution in [2.75, 3.05) is 6.61 Å². The first kappa shape index (κ1) is 22.6. The number of carbonyl (C=O) groups excluding carboxylic acids is 2. The van der Waals surface area contributed by atoms with E-state index in [1.807, 2.05) is 6.07 Å². The number of aryl methyl sites for hydroxylation is 1. The van der Waals surface area contributed by atoms with Crippen molar-refractivity contribution >= 4 is 11.9 Å². The van der Waals surface area contributed by atoms with Crippen molar-refractivity contribution in [1.82, 2.24) is 0 Å². The number of ether oxygens (including phenoxy) is 2. The standard InChI is InChI=1S/C24H34O6/c1-15-21(30-17(3)26)12-20-19(6-7-22(27)23(20,4)5)24(15,14-29-16(2)25)10-8-18-9-11-28-13-18/h9,11,13,15,21-22,27H,6-8,10,12,14H2,1-5H3. The lowest BCUT2D eigenvalue weighted by molar-refractivity contribution is -0.158. The second-order valence-electron chi connectivity index (χ2n) is 9.44. The zero-order chi connectivity index (χ0) is 22.1. The molecule has 1 aromatic heterocycles. The third kappa shape index (κ3) is 4.20. The van der Waals surface area contributed by atoms with Gasteiger partial charge in [0.2, 0.25) is 0 Å². The van der Waals surface area contributed by atoms with E-state index in [9.17, 15) is 14.7 Å². The summed E-state index contributed by atoms with van der Waals surface area (Å²) in [5.74, 6) is -0.671. The minimum atomic E-state index is -0.464. The lowest BCUT2D eigenvalue weighted by Gasteiger charge is -2.54. The molecule has 166 valence electrons. The van der Waals surface area contributed by atoms with Gasteiger partial charge in [-0.2, -0.15) is 0 Å². The van der Waals surface area contributed by atoms with Gasteiger partial charge in [-0.15, -0.1) is 0 Å². The van der Waals surface area contributed by atoms with E-state index in [1.165, 1.54) is 19.4 Å². The Morgan fingerprint density at radius 1 is 1.23 bits per heavy atom. The topological polar surface area (TPSA) is 86.0 Å². The minimum absolute atomic E-state index is 0.0301. The third-order valence-corrected chi connectivity index (χ3v) is 7.37. The summed E-state index contributed by atoms with van der Waals surface area (Å²) in [5.41, 5.74) is 2.59. The summed E-state index contributed by atoms with van der Waals surface area (Å²) in [6.07, 6.45) is 6.14. The normalized spacial score (nSPS) is 30.5. The fourth-order valence-corrected chi connectivity index (χ4v) is 5.39. The fourth-order valence-electron chi connectivity index (χ4n) is 5.39. The molecular formula is C24H34O6. The predicted molar refractivity (Wildman–Crippen MR) is 111 cm³/mol. The maximum atomic E-state index is 11.9. The van der Waals surface area contributed by atoms with Crippen LogP contribution in [0.3, 0.4) is 0 Å². The molecule has 4 unspecified atom stereocenters. The van der Waals surface area contributed by atoms with Crippen molar-refractivity contribution in [3.8, 4) is 0 Å². The average Bonchev–Trinajstić information content (AvgIpc) is 3.18. The van der Waals surface area contributed by atoms with Crippen molar-refractivity contribution in [2.45, 2.75) is 78.9 Å². The number of aliphatic hydroxyl groups excluding tert-OH is 1. The van der Waals surface area contributed by atoms with E-state index in [2.05, 4.69) is 20.8 Å². The van der Waals surface area contributed by atoms with E-state index in [-0.39, 0.29) is 30.6 Å². The molecule has 0 saturated heterocycles. The van der Waals surface area contributed by atoms with E-state index < -0.39 is 16.9 Å². The lowest BCUT2D eigenvalue weighted by Crippen LogP contribution is -2.52. The molecule has 0 aromatic carbocycles. The van der Waals surface area contributed by atoms with Gasteiger partial charge in [0, 0.05) is 37.0 Å². The van der Waals surface area contributed by atoms with Crippen LogP contribution in [0.15, 0.2) is 34.2 Å². The SMILES string of the molecule is CC(=O)OCC1(CCc2ccoc2)C2=C(CC(OC(C)=O)C1C)C(C)(C)C(O)CC2. The maximum absolute atomic E-state index is 11.9. The van der Waals surface area contributed by atoms with E-state index in [4.69, 9.17) is 13.9 Å². The predicted octanol–water partition coefficient (Wildman–Crippen LogP) is 4.21. The van der Waals surface area contributed by atoms with Crippen LogP contribution in [0.1, 0.15) is 65.9 Å². The summed E-state index contributed by atoms with van der Waals surface area (Å²) in [4.78, 5) is 23.7. The molecule has 3 rings (SSSR count). The highest BCUT2D eigenvalue weighted by Crippen LogP contribution is 2.57. The van der Waals surface area contributed by atoms with E-state index in [0.717, 1.165) is 30.4 Å². The zero-order valence-electron chi connectivity index (χ0n) is 18.7. The van der Waals surface area contributed by atoms with Crippen LogP contribution >= 0.6 is 0 Å². The van der Waals surface area contributed by atoms with Gasteiger partial charge in [0.05, 0.1) is 18.6 Å². The zero-order valence-corrected chi connectivity index (χ0v) is 18.7. The molecule has 2 aliphatic rings. The highest BCUT2D eigenvalue weighted by atomic mass is 16.5. The quantitative estimate of drug-likeness (QED) is 0.550. The fraction of sp³-hybridized carbons (Fsp3) is 0.667. The van der Waals surface area contributed by atoms with Crippen LogP contribution in [0.5, 0.6) is 0 Å². The molecular weight excluding hydrogens is 384 g/mol. The highest BCUT2D eigenvalue weighted by Gasteiger charge is 2.54. The second kappa shape index (κ2) is 8.58. The molecule has 0 aliphatic heterocycles. The molecule has 1 heterocycles. The van der Waals surface area contributed by atoms with Gasteiger partial charge >= 0.3 is 11.9 Å². The Bertz CT molecular complexity index is 806. The third-order valence-electron chi connectivity index (χ3n) is 7.37. The van der Waals surface area contributed by atoms with Crippen LogP contribution in [-0.4, -0.2) is 35.9 Å². The Morgan fingerprint density at radius 2 is 1.97 bits per heavy atom. The second-order valence-corrected chi connectivity index (χ2v) is 9.44. The van der Waals surface area contributed by atoms with Crippen LogP contribution in [0.2, 0.25) is 0 Å². The van der Waals surface area contributed by atoms with Crippen LogP contribution in [0.4, 0.5) is 0 Å². The number of aliphatic hydroxyl groups is 1. The lowest BCUT2D eigenvalue weighted by atomic mass is 9.53. The van der Waals surface area contributed by atoms with Gasteiger partial charge in [-0.05, 0) is 37.3 Å². The number of hydrogen-bond donors (Lipinski definition) is 1. The van der Waals surface area contributed by atoms with Crippen LogP contribution in [0.25, 0.3) is 0 Å². The van der Waals surface area contributed by atoms with Crippen molar-refractivity contribution in [1.29, 1.82) is 0 Å². The molecule has 0 bridgehead atoms. The Balaban J connectivity index is 2.10. The molecule has 0 radical (unpaired) electrons. The van der Waals surface area contributed by atoms with Gasteiger partial charge in [-0.25, -0.2) is 0 Å². The summed E-state index contributed by atoms with van der Waals surface area (Å²) in [6.45, 7) is 9.29. The molecule has 0 saturated carbocycles. The van der Waals surface area contributed by atoms with E-state index >= 15 is 0 Å². The number of carbonyl (C=O) groups is 2. The van der Waals surface area contributed by atoms with Gasteiger partial charge in [-0.1, -0.05) is 31.9 Å². The highest BCUT2D eigenvalue weighted by molar-refractivity contribution is 5.66. The summed E-state index contributed by atoms with van der Waals surface area (Å²) >= 11 is 0. The first-order valence-electron chi connectivity index (χ1n) is 10.8. The molecule has 6 nitrogen and oxygen atoms in total. The molecule has 4 atom stereocenters. The Kier molecular flexibility index (Phi) is 6.46. The summed E-state index contributed by atoms with van der Waals surface area (Å²) in [6, 6.07) is 1.94.